The van der Waals surface area contributed by atoms with Crippen LogP contribution in [-0.2, 0) is 51.4 Å². The minimum Gasteiger partial charge on any atom is -0.184 e. The van der Waals surface area contributed by atoms with E-state index >= 15 is 0 Å². The van der Waals surface area contributed by atoms with Crippen molar-refractivity contribution in [3.05, 3.63) is 155 Å². The van der Waals surface area contributed by atoms with Crippen molar-refractivity contribution in [2.24, 2.45) is 0 Å². The Hall–Kier alpha value is -1.96. The molecule has 0 N–H and O–H groups in total. The first-order valence-corrected chi connectivity index (χ1v) is 21.2. The van der Waals surface area contributed by atoms with Gasteiger partial charge in [-0.3, -0.25) is 6.08 Å². The number of benzene rings is 4. The van der Waals surface area contributed by atoms with Crippen LogP contribution in [0.15, 0.2) is 97.1 Å². The molecule has 4 aromatic rings. The monoisotopic (exact) mass is 798 g/mol. The van der Waals surface area contributed by atoms with Gasteiger partial charge in [-0.05, 0) is 39.4 Å². The van der Waals surface area contributed by atoms with Crippen LogP contribution in [0.3, 0.4) is 0 Å². The zero-order valence-electron chi connectivity index (χ0n) is 32.5. The molecule has 4 aromatic carbocycles. The zero-order chi connectivity index (χ0) is 36.2. The van der Waals surface area contributed by atoms with Gasteiger partial charge in [-0.1, -0.05) is 106 Å². The molecule has 0 heterocycles. The predicted octanol–water partition coefficient (Wildman–Crippen LogP) is 13.0. The fourth-order valence-corrected chi connectivity index (χ4v) is 5.65. The molecule has 0 aromatic heterocycles. The van der Waals surface area contributed by atoms with Crippen LogP contribution in [0.25, 0.3) is 11.1 Å². The maximum atomic E-state index is 3.90. The second-order valence-corrected chi connectivity index (χ2v) is 16.3. The molecule has 50 heavy (non-hydrogen) atoms. The third-order valence-electron chi connectivity index (χ3n) is 8.03. The molecule has 2 radical (unpaired) electrons. The number of rotatable bonds is 0. The fourth-order valence-electron chi connectivity index (χ4n) is 5.65. The zero-order valence-corrected chi connectivity index (χ0v) is 37.6. The molecule has 2 aliphatic rings. The van der Waals surface area contributed by atoms with E-state index in [0.29, 0.717) is 0 Å². The Labute approximate surface area is 336 Å². The maximum absolute atomic E-state index is 3.90. The Kier molecular flexibility index (Phi) is 20.7. The van der Waals surface area contributed by atoms with Gasteiger partial charge in [-0.15, -0.1) is 47.9 Å². The van der Waals surface area contributed by atoms with Gasteiger partial charge < -0.3 is 0 Å². The van der Waals surface area contributed by atoms with E-state index in [2.05, 4.69) is 139 Å². The van der Waals surface area contributed by atoms with Gasteiger partial charge in [0.15, 0.2) is 0 Å². The average molecular weight is 801 g/mol. The van der Waals surface area contributed by atoms with Gasteiger partial charge in [0, 0.05) is 0 Å². The standard InChI is InChI=1S/C29H41.2C6H5.C5H5.2ClH.Si.Zr/c1-26(2,3)22-14-18-13-19-15-23(27(4,5)6)25(29(10,11)12)17-21(19)20(18)16-24(22)28(7,8)9;2*1-2-4-6-5-3-1;1-2-4-5-3-1;;;;/h14,16-17H,13H2,1-12H3;2*1-5H;1-3H,4H2;2*1H;;/q4*-1;;;;. The molecule has 0 atom stereocenters. The molecule has 0 saturated heterocycles. The van der Waals surface area contributed by atoms with Crippen molar-refractivity contribution < 1.29 is 23.3 Å². The van der Waals surface area contributed by atoms with Gasteiger partial charge in [0.05, 0.1) is 0 Å². The van der Waals surface area contributed by atoms with Crippen LogP contribution >= 0.6 is 24.8 Å². The van der Waals surface area contributed by atoms with Crippen LogP contribution in [0.2, 0.25) is 0 Å². The molecular formula is C46H58Cl2SiZr-4. The molecule has 0 amide bonds. The van der Waals surface area contributed by atoms with Crippen molar-refractivity contribution >= 4 is 31.7 Å². The minimum absolute atomic E-state index is 0. The molecule has 268 valence electrons. The van der Waals surface area contributed by atoms with Crippen molar-refractivity contribution in [2.45, 2.75) is 118 Å². The Morgan fingerprint density at radius 2 is 1.00 bits per heavy atom. The van der Waals surface area contributed by atoms with Crippen molar-refractivity contribution in [3.8, 4) is 11.1 Å². The smallest absolute Gasteiger partial charge is 0.171 e. The first-order chi connectivity index (χ1) is 22.4. The van der Waals surface area contributed by atoms with E-state index in [4.69, 9.17) is 0 Å². The summed E-state index contributed by atoms with van der Waals surface area (Å²) in [5.74, 6) is 0. The molecule has 4 heteroatoms. The first kappa shape index (κ1) is 48.0. The summed E-state index contributed by atoms with van der Waals surface area (Å²) in [6.45, 7) is 31.1. The van der Waals surface area contributed by atoms with E-state index in [1.807, 2.05) is 72.8 Å². The number of hydrogen-bond donors (Lipinski definition) is 0. The van der Waals surface area contributed by atoms with Crippen molar-refractivity contribution in [1.29, 1.82) is 0 Å². The van der Waals surface area contributed by atoms with Gasteiger partial charge in [-0.2, -0.15) is 96.6 Å². The summed E-state index contributed by atoms with van der Waals surface area (Å²) < 4.78 is 0. The molecule has 0 saturated carbocycles. The molecule has 0 fully saturated rings. The Balaban J connectivity index is 0.000000922. The second-order valence-electron chi connectivity index (χ2n) is 16.3. The summed E-state index contributed by atoms with van der Waals surface area (Å²) in [6, 6.07) is 36.4. The molecular weight excluding hydrogens is 743 g/mol. The third kappa shape index (κ3) is 14.9. The summed E-state index contributed by atoms with van der Waals surface area (Å²) >= 11 is 1.36. The van der Waals surface area contributed by atoms with Gasteiger partial charge in [-0.25, -0.2) is 12.2 Å². The maximum Gasteiger partial charge on any atom is -0.171 e. The number of fused-ring (bicyclic) bond motifs is 3. The molecule has 0 nitrogen and oxygen atoms in total. The van der Waals surface area contributed by atoms with Crippen LogP contribution in [0.4, 0.5) is 0 Å². The molecule has 0 bridgehead atoms. The summed E-state index contributed by atoms with van der Waals surface area (Å²) in [5, 5.41) is 0. The number of halogens is 2. The Morgan fingerprint density at radius 1 is 0.560 bits per heavy atom. The molecule has 0 unspecified atom stereocenters. The van der Waals surface area contributed by atoms with Gasteiger partial charge in [0.2, 0.25) is 0 Å². The number of hydrogen-bond acceptors (Lipinski definition) is 0. The summed E-state index contributed by atoms with van der Waals surface area (Å²) in [5.41, 5.74) is 11.9. The SMILES string of the molecule is CC(C)(C)c1[c-]c2c(cc1C(C)(C)C)-c1cc(C(C)(C)C)c(C(C)(C)C)cc1C2.Cl.Cl.[C-]1=CC=CC1.[Si]=[Zr].[c-]1ccccc1.[c-]1ccccc1. The minimum atomic E-state index is 0. The quantitative estimate of drug-likeness (QED) is 0.108. The normalized spacial score (nSPS) is 12.3. The topological polar surface area (TPSA) is 0 Å². The Bertz CT molecular complexity index is 1440. The Morgan fingerprint density at radius 3 is 1.30 bits per heavy atom. The molecule has 6 rings (SSSR count). The largest absolute Gasteiger partial charge is 0.184 e. The van der Waals surface area contributed by atoms with Crippen LogP contribution in [-0.4, -0.2) is 6.88 Å². The third-order valence-corrected chi connectivity index (χ3v) is 8.03. The predicted molar refractivity (Wildman–Crippen MR) is 221 cm³/mol. The van der Waals surface area contributed by atoms with E-state index in [0.717, 1.165) is 12.8 Å². The molecule has 0 spiro atoms. The average Bonchev–Trinajstić information content (AvgIpc) is 3.73. The van der Waals surface area contributed by atoms with E-state index in [9.17, 15) is 0 Å². The first-order valence-electron chi connectivity index (χ1n) is 17.0. The van der Waals surface area contributed by atoms with Gasteiger partial charge >= 0.3 is 30.2 Å². The fraction of sp³-hybridized carbons (Fsp3) is 0.391. The van der Waals surface area contributed by atoms with E-state index in [1.165, 1.54) is 67.8 Å². The van der Waals surface area contributed by atoms with Gasteiger partial charge in [0.25, 0.3) is 0 Å². The second kappa shape index (κ2) is 21.5. The number of allylic oxidation sites excluding steroid dienone is 4. The summed E-state index contributed by atoms with van der Waals surface area (Å²) in [4.78, 5) is 0. The van der Waals surface area contributed by atoms with E-state index in [1.54, 1.807) is 0 Å². The molecule has 2 aliphatic carbocycles. The van der Waals surface area contributed by atoms with Crippen molar-refractivity contribution in [2.75, 3.05) is 0 Å². The van der Waals surface area contributed by atoms with E-state index in [-0.39, 0.29) is 46.5 Å². The molecule has 0 aliphatic heterocycles. The van der Waals surface area contributed by atoms with Crippen LogP contribution in [0.1, 0.15) is 123 Å². The van der Waals surface area contributed by atoms with Crippen LogP contribution in [0, 0.1) is 24.3 Å². The van der Waals surface area contributed by atoms with Gasteiger partial charge in [0.1, 0.15) is 0 Å². The van der Waals surface area contributed by atoms with Crippen LogP contribution < -0.4 is 0 Å². The van der Waals surface area contributed by atoms with Crippen molar-refractivity contribution in [3.63, 3.8) is 0 Å². The summed E-state index contributed by atoms with van der Waals surface area (Å²) in [6.07, 6.45) is 11.0. The van der Waals surface area contributed by atoms with Crippen LogP contribution in [0.5, 0.6) is 0 Å². The summed E-state index contributed by atoms with van der Waals surface area (Å²) in [7, 11) is 0. The van der Waals surface area contributed by atoms with Crippen molar-refractivity contribution in [1.82, 2.24) is 0 Å². The van der Waals surface area contributed by atoms with E-state index < -0.39 is 0 Å².